The van der Waals surface area contributed by atoms with Crippen LogP contribution in [0.3, 0.4) is 0 Å². The van der Waals surface area contributed by atoms with Crippen LogP contribution in [0.2, 0.25) is 0 Å². The van der Waals surface area contributed by atoms with Crippen LogP contribution in [0.1, 0.15) is 13.8 Å². The lowest BCUT2D eigenvalue weighted by molar-refractivity contribution is 0.0678. The summed E-state index contributed by atoms with van der Waals surface area (Å²) in [4.78, 5) is 17.1. The first-order valence-corrected chi connectivity index (χ1v) is 4.03. The standard InChI is InChI=1S/C4H11O4P/c1-4(2,8-3)9(5,6)7/h1-3H3,(H2,5,6,7). The fourth-order valence-corrected chi connectivity index (χ4v) is 0.357. The molecule has 0 aromatic rings. The molecular weight excluding hydrogens is 143 g/mol. The Morgan fingerprint density at radius 1 is 1.44 bits per heavy atom. The second kappa shape index (κ2) is 2.39. The van der Waals surface area contributed by atoms with Gasteiger partial charge in [-0.05, 0) is 13.8 Å². The summed E-state index contributed by atoms with van der Waals surface area (Å²) in [5.74, 6) is 0. The van der Waals surface area contributed by atoms with Crippen molar-refractivity contribution in [2.75, 3.05) is 7.11 Å². The molecule has 0 rings (SSSR count). The molecule has 5 heteroatoms. The summed E-state index contributed by atoms with van der Waals surface area (Å²) in [5.41, 5.74) is 0. The predicted octanol–water partition coefficient (Wildman–Crippen LogP) is 0.547. The van der Waals surface area contributed by atoms with Crippen LogP contribution in [0, 0.1) is 0 Å². The van der Waals surface area contributed by atoms with Gasteiger partial charge in [0, 0.05) is 7.11 Å². The third kappa shape index (κ3) is 2.06. The van der Waals surface area contributed by atoms with E-state index in [1.54, 1.807) is 0 Å². The zero-order valence-electron chi connectivity index (χ0n) is 5.66. The Bertz CT molecular complexity index is 136. The second-order valence-electron chi connectivity index (χ2n) is 2.19. The van der Waals surface area contributed by atoms with Gasteiger partial charge >= 0.3 is 7.60 Å². The maximum Gasteiger partial charge on any atom is 0.356 e. The molecule has 0 saturated heterocycles. The largest absolute Gasteiger partial charge is 0.366 e. The molecule has 0 saturated carbocycles. The third-order valence-electron chi connectivity index (χ3n) is 1.20. The number of hydrogen-bond acceptors (Lipinski definition) is 2. The Balaban J connectivity index is 4.34. The number of methoxy groups -OCH3 is 1. The normalized spacial score (nSPS) is 13.9. The first kappa shape index (κ1) is 9.11. The number of hydrogen-bond donors (Lipinski definition) is 2. The Morgan fingerprint density at radius 2 is 1.78 bits per heavy atom. The van der Waals surface area contributed by atoms with E-state index in [9.17, 15) is 4.57 Å². The molecule has 0 aromatic carbocycles. The fraction of sp³-hybridized carbons (Fsp3) is 1.00. The van der Waals surface area contributed by atoms with Gasteiger partial charge in [-0.3, -0.25) is 4.57 Å². The first-order valence-electron chi connectivity index (χ1n) is 2.42. The van der Waals surface area contributed by atoms with Crippen molar-refractivity contribution in [1.82, 2.24) is 0 Å². The molecule has 0 aliphatic heterocycles. The molecule has 0 fully saturated rings. The highest BCUT2D eigenvalue weighted by molar-refractivity contribution is 7.53. The van der Waals surface area contributed by atoms with Crippen molar-refractivity contribution in [3.63, 3.8) is 0 Å². The van der Waals surface area contributed by atoms with Gasteiger partial charge in [0.05, 0.1) is 0 Å². The van der Waals surface area contributed by atoms with E-state index in [-0.39, 0.29) is 0 Å². The molecule has 2 N–H and O–H groups in total. The monoisotopic (exact) mass is 154 g/mol. The quantitative estimate of drug-likeness (QED) is 0.570. The minimum absolute atomic E-state index is 1.26. The lowest BCUT2D eigenvalue weighted by Crippen LogP contribution is -2.21. The molecule has 0 atom stereocenters. The minimum atomic E-state index is -4.09. The number of ether oxygens (including phenoxy) is 1. The predicted molar refractivity (Wildman–Crippen MR) is 33.1 cm³/mol. The SMILES string of the molecule is COC(C)(C)P(=O)(O)O. The molecule has 0 bridgehead atoms. The summed E-state index contributed by atoms with van der Waals surface area (Å²) in [6, 6.07) is 0. The topological polar surface area (TPSA) is 66.8 Å². The van der Waals surface area contributed by atoms with Crippen molar-refractivity contribution in [1.29, 1.82) is 0 Å². The van der Waals surface area contributed by atoms with Crippen LogP contribution in [0.25, 0.3) is 0 Å². The highest BCUT2D eigenvalue weighted by atomic mass is 31.2. The molecule has 0 radical (unpaired) electrons. The summed E-state index contributed by atoms with van der Waals surface area (Å²) in [6.45, 7) is 2.68. The molecule has 4 nitrogen and oxygen atoms in total. The van der Waals surface area contributed by atoms with Gasteiger partial charge < -0.3 is 14.5 Å². The van der Waals surface area contributed by atoms with Gasteiger partial charge in [0.15, 0.2) is 5.34 Å². The van der Waals surface area contributed by atoms with Gasteiger partial charge in [-0.15, -0.1) is 0 Å². The molecular formula is C4H11O4P. The van der Waals surface area contributed by atoms with Crippen LogP contribution >= 0.6 is 7.60 Å². The minimum Gasteiger partial charge on any atom is -0.366 e. The van der Waals surface area contributed by atoms with E-state index in [1.807, 2.05) is 0 Å². The molecule has 0 spiro atoms. The zero-order chi connectivity index (χ0) is 7.71. The maximum atomic E-state index is 10.5. The molecule has 0 aromatic heterocycles. The second-order valence-corrected chi connectivity index (χ2v) is 4.36. The molecule has 0 unspecified atom stereocenters. The van der Waals surface area contributed by atoms with E-state index in [0.717, 1.165) is 0 Å². The molecule has 0 amide bonds. The third-order valence-corrected chi connectivity index (χ3v) is 2.79. The van der Waals surface area contributed by atoms with E-state index in [2.05, 4.69) is 4.74 Å². The van der Waals surface area contributed by atoms with Crippen LogP contribution in [0.4, 0.5) is 0 Å². The van der Waals surface area contributed by atoms with E-state index in [0.29, 0.717) is 0 Å². The van der Waals surface area contributed by atoms with Gasteiger partial charge in [-0.2, -0.15) is 0 Å². The molecule has 0 aliphatic rings. The molecule has 56 valence electrons. The van der Waals surface area contributed by atoms with E-state index in [1.165, 1.54) is 21.0 Å². The van der Waals surface area contributed by atoms with Crippen LogP contribution in [-0.2, 0) is 9.30 Å². The van der Waals surface area contributed by atoms with Gasteiger partial charge in [0.1, 0.15) is 0 Å². The summed E-state index contributed by atoms with van der Waals surface area (Å²) >= 11 is 0. The lowest BCUT2D eigenvalue weighted by atomic mass is 10.5. The van der Waals surface area contributed by atoms with Crippen molar-refractivity contribution in [3.05, 3.63) is 0 Å². The Kier molecular flexibility index (Phi) is 2.41. The van der Waals surface area contributed by atoms with Gasteiger partial charge in [0.25, 0.3) is 0 Å². The van der Waals surface area contributed by atoms with E-state index in [4.69, 9.17) is 9.79 Å². The van der Waals surface area contributed by atoms with Crippen molar-refractivity contribution in [2.45, 2.75) is 19.2 Å². The van der Waals surface area contributed by atoms with Crippen LogP contribution in [-0.4, -0.2) is 22.2 Å². The van der Waals surface area contributed by atoms with E-state index < -0.39 is 12.9 Å². The van der Waals surface area contributed by atoms with Crippen LogP contribution in [0.5, 0.6) is 0 Å². The van der Waals surface area contributed by atoms with E-state index >= 15 is 0 Å². The number of rotatable bonds is 2. The van der Waals surface area contributed by atoms with Crippen molar-refractivity contribution in [3.8, 4) is 0 Å². The molecule has 9 heavy (non-hydrogen) atoms. The summed E-state index contributed by atoms with van der Waals surface area (Å²) in [7, 11) is -2.83. The van der Waals surface area contributed by atoms with Gasteiger partial charge in [-0.25, -0.2) is 0 Å². The summed E-state index contributed by atoms with van der Waals surface area (Å²) in [6.07, 6.45) is 0. The Hall–Kier alpha value is 0.110. The summed E-state index contributed by atoms with van der Waals surface area (Å²) in [5, 5.41) is -1.35. The zero-order valence-corrected chi connectivity index (χ0v) is 6.55. The average Bonchev–Trinajstić information content (AvgIpc) is 1.64. The molecule has 0 aliphatic carbocycles. The smallest absolute Gasteiger partial charge is 0.356 e. The van der Waals surface area contributed by atoms with Crippen molar-refractivity contribution < 1.29 is 19.1 Å². The van der Waals surface area contributed by atoms with Crippen LogP contribution in [0.15, 0.2) is 0 Å². The maximum absolute atomic E-state index is 10.5. The van der Waals surface area contributed by atoms with Crippen molar-refractivity contribution >= 4 is 7.60 Å². The molecule has 0 heterocycles. The Morgan fingerprint density at radius 3 is 1.78 bits per heavy atom. The first-order chi connectivity index (χ1) is 3.81. The summed E-state index contributed by atoms with van der Waals surface area (Å²) < 4.78 is 15.0. The highest BCUT2D eigenvalue weighted by Gasteiger charge is 2.37. The highest BCUT2D eigenvalue weighted by Crippen LogP contribution is 2.50. The van der Waals surface area contributed by atoms with Gasteiger partial charge in [0.2, 0.25) is 0 Å². The van der Waals surface area contributed by atoms with Gasteiger partial charge in [-0.1, -0.05) is 0 Å². The fourth-order valence-electron chi connectivity index (χ4n) is 0.119. The average molecular weight is 154 g/mol. The van der Waals surface area contributed by atoms with Crippen molar-refractivity contribution in [2.24, 2.45) is 0 Å². The van der Waals surface area contributed by atoms with Crippen LogP contribution < -0.4 is 0 Å². The Labute approximate surface area is 54.0 Å². The lowest BCUT2D eigenvalue weighted by Gasteiger charge is -2.23.